The maximum Gasteiger partial charge on any atom is 0.323 e. The summed E-state index contributed by atoms with van der Waals surface area (Å²) in [5.41, 5.74) is -0.547. The standard InChI is InChI=1S/C27H31Cl2FN2O3/c1-25(2)10-12-26(13-11-25)27(15-33,18-9-8-16(28)14-20(18)31-3)21(23(32-26)24(34)35-4)17-6-5-7-19(29)22(17)30/h5-9,14-15,21,23,31-32H,10-13H2,1-4H3/t21-,23+,27+/m0/s1. The second kappa shape index (κ2) is 9.38. The van der Waals surface area contributed by atoms with Crippen molar-refractivity contribution in [3.63, 3.8) is 0 Å². The number of ether oxygens (including phenoxy) is 1. The molecule has 2 aromatic rings. The number of hydrogen-bond acceptors (Lipinski definition) is 5. The molecule has 1 aliphatic carbocycles. The van der Waals surface area contributed by atoms with Crippen LogP contribution in [0.2, 0.25) is 10.0 Å². The SMILES string of the molecule is CNc1cc(Cl)ccc1[C@]1(C=O)[C@@H](c2cccc(Cl)c2F)[C@H](C(=O)OC)NC12CCC(C)(C)CC2. The Kier molecular flexibility index (Phi) is 6.95. The van der Waals surface area contributed by atoms with Gasteiger partial charge in [-0.2, -0.15) is 0 Å². The van der Waals surface area contributed by atoms with Crippen LogP contribution in [-0.2, 0) is 19.7 Å². The van der Waals surface area contributed by atoms with E-state index in [1.807, 2.05) is 0 Å². The van der Waals surface area contributed by atoms with Gasteiger partial charge in [0.2, 0.25) is 0 Å². The maximum absolute atomic E-state index is 15.7. The second-order valence-electron chi connectivity index (χ2n) is 10.4. The minimum Gasteiger partial charge on any atom is -0.468 e. The summed E-state index contributed by atoms with van der Waals surface area (Å²) < 4.78 is 20.8. The van der Waals surface area contributed by atoms with E-state index >= 15 is 4.39 Å². The molecule has 3 atom stereocenters. The lowest BCUT2D eigenvalue weighted by Crippen LogP contribution is -2.59. The van der Waals surface area contributed by atoms with E-state index in [1.54, 1.807) is 37.4 Å². The third kappa shape index (κ3) is 4.04. The summed E-state index contributed by atoms with van der Waals surface area (Å²) in [6.45, 7) is 4.40. The van der Waals surface area contributed by atoms with E-state index in [1.165, 1.54) is 13.2 Å². The van der Waals surface area contributed by atoms with Crippen LogP contribution in [0.25, 0.3) is 0 Å². The fourth-order valence-corrected chi connectivity index (χ4v) is 6.59. The number of nitrogens with one attached hydrogen (secondary N) is 2. The fraction of sp³-hybridized carbons (Fsp3) is 0.481. The Morgan fingerprint density at radius 3 is 2.46 bits per heavy atom. The van der Waals surface area contributed by atoms with Crippen LogP contribution in [0.3, 0.4) is 0 Å². The lowest BCUT2D eigenvalue weighted by Gasteiger charge is -2.51. The Morgan fingerprint density at radius 2 is 1.86 bits per heavy atom. The van der Waals surface area contributed by atoms with Crippen LogP contribution in [0.4, 0.5) is 10.1 Å². The highest BCUT2D eigenvalue weighted by atomic mass is 35.5. The van der Waals surface area contributed by atoms with Gasteiger partial charge in [0.15, 0.2) is 0 Å². The highest BCUT2D eigenvalue weighted by Gasteiger charge is 2.68. The van der Waals surface area contributed by atoms with Gasteiger partial charge in [0.25, 0.3) is 0 Å². The number of halogens is 3. The van der Waals surface area contributed by atoms with E-state index in [2.05, 4.69) is 24.5 Å². The molecule has 0 radical (unpaired) electrons. The van der Waals surface area contributed by atoms with E-state index in [0.29, 0.717) is 29.1 Å². The smallest absolute Gasteiger partial charge is 0.323 e. The molecule has 2 fully saturated rings. The first-order chi connectivity index (χ1) is 16.6. The van der Waals surface area contributed by atoms with Crippen molar-refractivity contribution in [2.24, 2.45) is 5.41 Å². The third-order valence-electron chi connectivity index (χ3n) is 8.16. The lowest BCUT2D eigenvalue weighted by atomic mass is 9.53. The molecule has 35 heavy (non-hydrogen) atoms. The first-order valence-electron chi connectivity index (χ1n) is 11.8. The summed E-state index contributed by atoms with van der Waals surface area (Å²) in [7, 11) is 3.05. The van der Waals surface area contributed by atoms with Crippen molar-refractivity contribution in [2.75, 3.05) is 19.5 Å². The van der Waals surface area contributed by atoms with Gasteiger partial charge in [0, 0.05) is 29.2 Å². The largest absolute Gasteiger partial charge is 0.468 e. The average molecular weight is 521 g/mol. The predicted molar refractivity (Wildman–Crippen MR) is 137 cm³/mol. The number of benzene rings is 2. The van der Waals surface area contributed by atoms with Gasteiger partial charge in [0.1, 0.15) is 18.1 Å². The van der Waals surface area contributed by atoms with Gasteiger partial charge in [-0.3, -0.25) is 10.1 Å². The van der Waals surface area contributed by atoms with Gasteiger partial charge >= 0.3 is 5.97 Å². The van der Waals surface area contributed by atoms with Crippen LogP contribution in [-0.4, -0.2) is 38.0 Å². The Hall–Kier alpha value is -2.15. The molecule has 4 rings (SSSR count). The molecule has 2 aliphatic rings. The Balaban J connectivity index is 2.08. The first-order valence-corrected chi connectivity index (χ1v) is 12.5. The molecule has 8 heteroatoms. The number of carbonyl (C=O) groups excluding carboxylic acids is 2. The minimum atomic E-state index is -1.31. The van der Waals surface area contributed by atoms with Gasteiger partial charge in [-0.05, 0) is 60.4 Å². The molecule has 0 aromatic heterocycles. The Labute approximate surface area is 215 Å². The molecule has 0 amide bonds. The summed E-state index contributed by atoms with van der Waals surface area (Å²) in [5.74, 6) is -2.10. The van der Waals surface area contributed by atoms with Gasteiger partial charge in [-0.15, -0.1) is 0 Å². The molecule has 1 saturated carbocycles. The Morgan fingerprint density at radius 1 is 1.17 bits per heavy atom. The monoisotopic (exact) mass is 520 g/mol. The van der Waals surface area contributed by atoms with E-state index in [9.17, 15) is 9.59 Å². The second-order valence-corrected chi connectivity index (χ2v) is 11.3. The first kappa shape index (κ1) is 25.9. The summed E-state index contributed by atoms with van der Waals surface area (Å²) in [6, 6.07) is 9.02. The summed E-state index contributed by atoms with van der Waals surface area (Å²) >= 11 is 12.5. The molecule has 188 valence electrons. The number of hydrogen-bond donors (Lipinski definition) is 2. The van der Waals surface area contributed by atoms with Gasteiger partial charge in [-0.25, -0.2) is 4.39 Å². The summed E-state index contributed by atoms with van der Waals surface area (Å²) in [4.78, 5) is 26.7. The van der Waals surface area contributed by atoms with Crippen molar-refractivity contribution in [3.8, 4) is 0 Å². The number of rotatable bonds is 5. The van der Waals surface area contributed by atoms with Crippen LogP contribution in [0.15, 0.2) is 36.4 Å². The minimum absolute atomic E-state index is 0.0680. The zero-order chi connectivity index (χ0) is 25.6. The number of carbonyl (C=O) groups is 2. The van der Waals surface area contributed by atoms with Crippen molar-refractivity contribution in [2.45, 2.75) is 62.4 Å². The van der Waals surface area contributed by atoms with Crippen LogP contribution in [0.5, 0.6) is 0 Å². The van der Waals surface area contributed by atoms with Crippen LogP contribution in [0, 0.1) is 11.2 Å². The van der Waals surface area contributed by atoms with Crippen molar-refractivity contribution in [1.82, 2.24) is 5.32 Å². The van der Waals surface area contributed by atoms with Crippen molar-refractivity contribution in [3.05, 3.63) is 63.4 Å². The highest BCUT2D eigenvalue weighted by Crippen LogP contribution is 2.61. The highest BCUT2D eigenvalue weighted by molar-refractivity contribution is 6.31. The molecule has 5 nitrogen and oxygen atoms in total. The van der Waals surface area contributed by atoms with Crippen molar-refractivity contribution in [1.29, 1.82) is 0 Å². The van der Waals surface area contributed by atoms with E-state index < -0.39 is 34.7 Å². The number of esters is 1. The topological polar surface area (TPSA) is 67.4 Å². The molecule has 1 saturated heterocycles. The lowest BCUT2D eigenvalue weighted by molar-refractivity contribution is -0.143. The zero-order valence-electron chi connectivity index (χ0n) is 20.4. The number of methoxy groups -OCH3 is 1. The normalized spacial score (nSPS) is 26.9. The molecular weight excluding hydrogens is 490 g/mol. The van der Waals surface area contributed by atoms with E-state index in [0.717, 1.165) is 19.1 Å². The van der Waals surface area contributed by atoms with Gasteiger partial charge in [-0.1, -0.05) is 55.2 Å². The summed E-state index contributed by atoms with van der Waals surface area (Å²) in [5, 5.41) is 7.11. The van der Waals surface area contributed by atoms with Crippen LogP contribution in [0.1, 0.15) is 56.6 Å². The van der Waals surface area contributed by atoms with E-state index in [-0.39, 0.29) is 16.0 Å². The van der Waals surface area contributed by atoms with Gasteiger partial charge < -0.3 is 14.8 Å². The summed E-state index contributed by atoms with van der Waals surface area (Å²) in [6.07, 6.45) is 3.80. The molecule has 0 unspecified atom stereocenters. The molecule has 1 heterocycles. The molecule has 1 aliphatic heterocycles. The predicted octanol–water partition coefficient (Wildman–Crippen LogP) is 5.88. The van der Waals surface area contributed by atoms with E-state index in [4.69, 9.17) is 27.9 Å². The molecule has 1 spiro atoms. The van der Waals surface area contributed by atoms with Crippen LogP contribution >= 0.6 is 23.2 Å². The van der Waals surface area contributed by atoms with Crippen molar-refractivity contribution >= 4 is 41.1 Å². The number of anilines is 1. The molecule has 2 N–H and O–H groups in total. The number of aldehydes is 1. The zero-order valence-corrected chi connectivity index (χ0v) is 21.9. The van der Waals surface area contributed by atoms with Crippen LogP contribution < -0.4 is 10.6 Å². The Bertz CT molecular complexity index is 1150. The fourth-order valence-electron chi connectivity index (χ4n) is 6.24. The molecule has 0 bridgehead atoms. The molecular formula is C27H31Cl2FN2O3. The van der Waals surface area contributed by atoms with Gasteiger partial charge in [0.05, 0.1) is 17.5 Å². The molecule has 2 aromatic carbocycles. The average Bonchev–Trinajstić information content (AvgIpc) is 3.13. The third-order valence-corrected chi connectivity index (χ3v) is 8.69. The maximum atomic E-state index is 15.7. The quantitative estimate of drug-likeness (QED) is 0.380. The van der Waals surface area contributed by atoms with Crippen molar-refractivity contribution < 1.29 is 18.7 Å².